The maximum Gasteiger partial charge on any atom is 0.225 e. The first kappa shape index (κ1) is 13.0. The minimum atomic E-state index is 0.366. The van der Waals surface area contributed by atoms with Crippen LogP contribution in [0.25, 0.3) is 0 Å². The number of nitrogens with zero attached hydrogens (tertiary/aromatic N) is 1. The van der Waals surface area contributed by atoms with E-state index in [2.05, 4.69) is 29.2 Å². The summed E-state index contributed by atoms with van der Waals surface area (Å²) in [6.07, 6.45) is 17.7. The predicted octanol–water partition coefficient (Wildman–Crippen LogP) is 3.55. The van der Waals surface area contributed by atoms with Gasteiger partial charge in [0.25, 0.3) is 0 Å². The van der Waals surface area contributed by atoms with Crippen molar-refractivity contribution in [1.29, 1.82) is 0 Å². The van der Waals surface area contributed by atoms with Crippen LogP contribution < -0.4 is 0 Å². The number of rotatable bonds is 6. The third-order valence-electron chi connectivity index (χ3n) is 4.46. The fourth-order valence-electron chi connectivity index (χ4n) is 2.83. The minimum absolute atomic E-state index is 0.366. The van der Waals surface area contributed by atoms with Gasteiger partial charge in [-0.1, -0.05) is 24.3 Å². The van der Waals surface area contributed by atoms with E-state index in [9.17, 15) is 4.79 Å². The Bertz CT molecular complexity index is 377. The van der Waals surface area contributed by atoms with Crippen LogP contribution in [0.1, 0.15) is 44.9 Å². The van der Waals surface area contributed by atoms with E-state index in [4.69, 9.17) is 0 Å². The van der Waals surface area contributed by atoms with E-state index in [1.165, 1.54) is 32.1 Å². The number of carbonyl (C=O) groups is 1. The zero-order chi connectivity index (χ0) is 13.1. The Hall–Kier alpha value is -1.05. The lowest BCUT2D eigenvalue weighted by atomic mass is 9.94. The maximum absolute atomic E-state index is 12.2. The van der Waals surface area contributed by atoms with E-state index in [1.807, 2.05) is 0 Å². The predicted molar refractivity (Wildman–Crippen MR) is 77.6 cm³/mol. The SMILES string of the molecule is O=C(C1CC1)N(CC=CC1CC=CCC1)CC1CC1. The highest BCUT2D eigenvalue weighted by Gasteiger charge is 2.35. The number of amides is 1. The number of allylic oxidation sites excluding steroid dienone is 3. The van der Waals surface area contributed by atoms with Crippen LogP contribution in [0.2, 0.25) is 0 Å². The average Bonchev–Trinajstić information content (AvgIpc) is 3.30. The molecule has 104 valence electrons. The highest BCUT2D eigenvalue weighted by atomic mass is 16.2. The van der Waals surface area contributed by atoms with Gasteiger partial charge in [0.15, 0.2) is 0 Å². The van der Waals surface area contributed by atoms with E-state index < -0.39 is 0 Å². The second-order valence-electron chi connectivity index (χ2n) is 6.43. The molecule has 2 nitrogen and oxygen atoms in total. The third-order valence-corrected chi connectivity index (χ3v) is 4.46. The highest BCUT2D eigenvalue weighted by Crippen LogP contribution is 2.34. The van der Waals surface area contributed by atoms with Gasteiger partial charge in [0.05, 0.1) is 0 Å². The standard InChI is InChI=1S/C17H25NO/c19-17(16-10-11-16)18(13-15-8-9-15)12-4-7-14-5-2-1-3-6-14/h1-2,4,7,14-16H,3,5-6,8-13H2. The second-order valence-corrected chi connectivity index (χ2v) is 6.43. The molecule has 0 radical (unpaired) electrons. The summed E-state index contributed by atoms with van der Waals surface area (Å²) in [6.45, 7) is 1.84. The summed E-state index contributed by atoms with van der Waals surface area (Å²) in [5, 5.41) is 0. The van der Waals surface area contributed by atoms with Gasteiger partial charge in [-0.05, 0) is 56.8 Å². The zero-order valence-electron chi connectivity index (χ0n) is 11.8. The Morgan fingerprint density at radius 1 is 1.16 bits per heavy atom. The molecule has 0 aromatic carbocycles. The van der Waals surface area contributed by atoms with E-state index in [0.29, 0.717) is 17.7 Å². The van der Waals surface area contributed by atoms with Crippen molar-refractivity contribution in [2.24, 2.45) is 17.8 Å². The van der Waals surface area contributed by atoms with Crippen LogP contribution >= 0.6 is 0 Å². The smallest absolute Gasteiger partial charge is 0.225 e. The molecule has 0 aliphatic heterocycles. The molecule has 0 saturated heterocycles. The molecule has 0 spiro atoms. The molecule has 0 heterocycles. The highest BCUT2D eigenvalue weighted by molar-refractivity contribution is 5.81. The average molecular weight is 259 g/mol. The van der Waals surface area contributed by atoms with Crippen molar-refractivity contribution in [3.8, 4) is 0 Å². The molecular formula is C17H25NO. The molecule has 1 amide bonds. The van der Waals surface area contributed by atoms with Gasteiger partial charge in [-0.25, -0.2) is 0 Å². The van der Waals surface area contributed by atoms with Gasteiger partial charge in [0, 0.05) is 19.0 Å². The summed E-state index contributed by atoms with van der Waals surface area (Å²) in [5.74, 6) is 2.28. The molecule has 3 aliphatic rings. The number of hydrogen-bond donors (Lipinski definition) is 0. The third kappa shape index (κ3) is 3.95. The molecule has 0 N–H and O–H groups in total. The largest absolute Gasteiger partial charge is 0.338 e. The summed E-state index contributed by atoms with van der Waals surface area (Å²) in [7, 11) is 0. The fourth-order valence-corrected chi connectivity index (χ4v) is 2.83. The Kier molecular flexibility index (Phi) is 4.05. The van der Waals surface area contributed by atoms with Crippen LogP contribution in [-0.2, 0) is 4.79 Å². The van der Waals surface area contributed by atoms with Crippen molar-refractivity contribution >= 4 is 5.91 Å². The van der Waals surface area contributed by atoms with Crippen LogP contribution in [0.3, 0.4) is 0 Å². The van der Waals surface area contributed by atoms with Crippen molar-refractivity contribution in [2.45, 2.75) is 44.9 Å². The Balaban J connectivity index is 1.49. The molecule has 3 aliphatic carbocycles. The molecule has 2 saturated carbocycles. The van der Waals surface area contributed by atoms with Crippen LogP contribution in [0.15, 0.2) is 24.3 Å². The molecule has 2 fully saturated rings. The van der Waals surface area contributed by atoms with Gasteiger partial charge in [0.2, 0.25) is 5.91 Å². The maximum atomic E-state index is 12.2. The minimum Gasteiger partial charge on any atom is -0.338 e. The van der Waals surface area contributed by atoms with Gasteiger partial charge in [-0.2, -0.15) is 0 Å². The first-order chi connectivity index (χ1) is 9.33. The van der Waals surface area contributed by atoms with Crippen molar-refractivity contribution in [1.82, 2.24) is 4.90 Å². The van der Waals surface area contributed by atoms with Crippen molar-refractivity contribution < 1.29 is 4.79 Å². The topological polar surface area (TPSA) is 20.3 Å². The van der Waals surface area contributed by atoms with Gasteiger partial charge in [-0.3, -0.25) is 4.79 Å². The van der Waals surface area contributed by atoms with Crippen LogP contribution in [0.4, 0.5) is 0 Å². The first-order valence-electron chi connectivity index (χ1n) is 7.93. The molecule has 3 rings (SSSR count). The lowest BCUT2D eigenvalue weighted by molar-refractivity contribution is -0.132. The van der Waals surface area contributed by atoms with Gasteiger partial charge >= 0.3 is 0 Å². The molecule has 19 heavy (non-hydrogen) atoms. The normalized spacial score (nSPS) is 26.8. The summed E-state index contributed by atoms with van der Waals surface area (Å²) in [4.78, 5) is 14.3. The number of hydrogen-bond acceptors (Lipinski definition) is 1. The first-order valence-corrected chi connectivity index (χ1v) is 7.93. The van der Waals surface area contributed by atoms with E-state index >= 15 is 0 Å². The molecular weight excluding hydrogens is 234 g/mol. The van der Waals surface area contributed by atoms with Crippen molar-refractivity contribution in [2.75, 3.05) is 13.1 Å². The van der Waals surface area contributed by atoms with Crippen molar-refractivity contribution in [3.63, 3.8) is 0 Å². The van der Waals surface area contributed by atoms with E-state index in [-0.39, 0.29) is 0 Å². The van der Waals surface area contributed by atoms with Crippen LogP contribution in [0.5, 0.6) is 0 Å². The lowest BCUT2D eigenvalue weighted by Gasteiger charge is -2.21. The molecule has 0 bridgehead atoms. The Morgan fingerprint density at radius 3 is 2.63 bits per heavy atom. The summed E-state index contributed by atoms with van der Waals surface area (Å²) in [6, 6.07) is 0. The van der Waals surface area contributed by atoms with E-state index in [0.717, 1.165) is 31.8 Å². The Morgan fingerprint density at radius 2 is 2.00 bits per heavy atom. The van der Waals surface area contributed by atoms with Crippen LogP contribution in [-0.4, -0.2) is 23.9 Å². The van der Waals surface area contributed by atoms with Gasteiger partial charge < -0.3 is 4.90 Å². The second kappa shape index (κ2) is 5.94. The zero-order valence-corrected chi connectivity index (χ0v) is 11.8. The van der Waals surface area contributed by atoms with Crippen LogP contribution in [0, 0.1) is 17.8 Å². The molecule has 0 aromatic heterocycles. The fraction of sp³-hybridized carbons (Fsp3) is 0.706. The number of carbonyl (C=O) groups excluding carboxylic acids is 1. The summed E-state index contributed by atoms with van der Waals surface area (Å²) >= 11 is 0. The Labute approximate surface area is 116 Å². The molecule has 0 aromatic rings. The molecule has 2 heteroatoms. The lowest BCUT2D eigenvalue weighted by Crippen LogP contribution is -2.34. The van der Waals surface area contributed by atoms with Crippen molar-refractivity contribution in [3.05, 3.63) is 24.3 Å². The summed E-state index contributed by atoms with van der Waals surface area (Å²) in [5.41, 5.74) is 0. The monoisotopic (exact) mass is 259 g/mol. The quantitative estimate of drug-likeness (QED) is 0.668. The molecule has 1 unspecified atom stereocenters. The molecule has 1 atom stereocenters. The van der Waals surface area contributed by atoms with E-state index in [1.54, 1.807) is 0 Å². The van der Waals surface area contributed by atoms with Gasteiger partial charge in [-0.15, -0.1) is 0 Å². The van der Waals surface area contributed by atoms with Gasteiger partial charge in [0.1, 0.15) is 0 Å². The summed E-state index contributed by atoms with van der Waals surface area (Å²) < 4.78 is 0.